The molecule has 4 aliphatic carbocycles. The van der Waals surface area contributed by atoms with Crippen LogP contribution in [0.5, 0.6) is 0 Å². The lowest BCUT2D eigenvalue weighted by atomic mass is 9.47. The summed E-state index contributed by atoms with van der Waals surface area (Å²) in [5.41, 5.74) is 8.04. The molecule has 0 radical (unpaired) electrons. The van der Waals surface area contributed by atoms with Gasteiger partial charge in [0.2, 0.25) is 0 Å². The van der Waals surface area contributed by atoms with Gasteiger partial charge in [0.15, 0.2) is 0 Å². The van der Waals surface area contributed by atoms with Gasteiger partial charge in [-0.1, -0.05) is 15.9 Å². The lowest BCUT2D eigenvalue weighted by Gasteiger charge is -2.59. The lowest BCUT2D eigenvalue weighted by Crippen LogP contribution is -2.55. The van der Waals surface area contributed by atoms with Gasteiger partial charge in [0.1, 0.15) is 5.82 Å². The number of hydrogen-bond donors (Lipinski definition) is 1. The molecule has 1 atom stereocenters. The molecule has 0 saturated heterocycles. The Morgan fingerprint density at radius 1 is 1.10 bits per heavy atom. The Morgan fingerprint density at radius 3 is 2.19 bits per heavy atom. The molecule has 1 aromatic carbocycles. The zero-order valence-electron chi connectivity index (χ0n) is 12.3. The SMILES string of the molecule is NC(Cc1cc(F)cc(Br)c1)C12CC3CC(CC(C3)C1)C2. The summed E-state index contributed by atoms with van der Waals surface area (Å²) in [4.78, 5) is 0. The Morgan fingerprint density at radius 2 is 1.67 bits per heavy atom. The zero-order valence-corrected chi connectivity index (χ0v) is 13.9. The van der Waals surface area contributed by atoms with Crippen LogP contribution in [0.4, 0.5) is 4.39 Å². The van der Waals surface area contributed by atoms with Crippen molar-refractivity contribution in [2.45, 2.75) is 51.0 Å². The average Bonchev–Trinajstić information content (AvgIpc) is 2.35. The summed E-state index contributed by atoms with van der Waals surface area (Å²) >= 11 is 3.39. The van der Waals surface area contributed by atoms with Crippen LogP contribution >= 0.6 is 15.9 Å². The lowest BCUT2D eigenvalue weighted by molar-refractivity contribution is -0.0667. The molecule has 21 heavy (non-hydrogen) atoms. The van der Waals surface area contributed by atoms with Crippen molar-refractivity contribution in [2.75, 3.05) is 0 Å². The fourth-order valence-corrected chi connectivity index (χ4v) is 6.34. The second kappa shape index (κ2) is 5.06. The van der Waals surface area contributed by atoms with Crippen molar-refractivity contribution < 1.29 is 4.39 Å². The van der Waals surface area contributed by atoms with Gasteiger partial charge in [-0.3, -0.25) is 0 Å². The second-order valence-corrected chi connectivity index (χ2v) is 8.78. The maximum atomic E-state index is 13.6. The van der Waals surface area contributed by atoms with Crippen molar-refractivity contribution in [1.82, 2.24) is 0 Å². The van der Waals surface area contributed by atoms with Crippen molar-refractivity contribution in [3.8, 4) is 0 Å². The van der Waals surface area contributed by atoms with Crippen LogP contribution in [0.1, 0.15) is 44.1 Å². The first-order valence-electron chi connectivity index (χ1n) is 8.23. The first kappa shape index (κ1) is 14.2. The Labute approximate surface area is 134 Å². The number of hydrogen-bond acceptors (Lipinski definition) is 1. The largest absolute Gasteiger partial charge is 0.327 e. The van der Waals surface area contributed by atoms with E-state index in [1.807, 2.05) is 6.07 Å². The minimum atomic E-state index is -0.169. The second-order valence-electron chi connectivity index (χ2n) is 7.87. The van der Waals surface area contributed by atoms with Crippen LogP contribution in [0.25, 0.3) is 0 Å². The van der Waals surface area contributed by atoms with Gasteiger partial charge in [-0.2, -0.15) is 0 Å². The molecule has 114 valence electrons. The molecule has 1 aromatic rings. The molecule has 4 bridgehead atoms. The van der Waals surface area contributed by atoms with Crippen LogP contribution in [-0.2, 0) is 6.42 Å². The third kappa shape index (κ3) is 2.57. The number of benzene rings is 1. The summed E-state index contributed by atoms with van der Waals surface area (Å²) < 4.78 is 14.4. The van der Waals surface area contributed by atoms with Gasteiger partial charge in [-0.15, -0.1) is 0 Å². The van der Waals surface area contributed by atoms with E-state index in [1.54, 1.807) is 6.07 Å². The molecule has 4 saturated carbocycles. The van der Waals surface area contributed by atoms with E-state index in [4.69, 9.17) is 5.73 Å². The van der Waals surface area contributed by atoms with Gasteiger partial charge >= 0.3 is 0 Å². The van der Waals surface area contributed by atoms with Crippen LogP contribution in [0, 0.1) is 29.0 Å². The molecule has 0 amide bonds. The van der Waals surface area contributed by atoms with Crippen molar-refractivity contribution in [2.24, 2.45) is 28.9 Å². The van der Waals surface area contributed by atoms with E-state index >= 15 is 0 Å². The summed E-state index contributed by atoms with van der Waals surface area (Å²) in [6.07, 6.45) is 9.08. The fourth-order valence-electron chi connectivity index (χ4n) is 5.83. The summed E-state index contributed by atoms with van der Waals surface area (Å²) in [6, 6.07) is 5.36. The Balaban J connectivity index is 1.55. The molecular formula is C18H23BrFN. The van der Waals surface area contributed by atoms with Crippen molar-refractivity contribution in [3.63, 3.8) is 0 Å². The fraction of sp³-hybridized carbons (Fsp3) is 0.667. The van der Waals surface area contributed by atoms with Gasteiger partial charge < -0.3 is 5.73 Å². The van der Waals surface area contributed by atoms with Crippen LogP contribution in [-0.4, -0.2) is 6.04 Å². The zero-order chi connectivity index (χ0) is 14.6. The van der Waals surface area contributed by atoms with Gasteiger partial charge in [-0.05, 0) is 91.9 Å². The van der Waals surface area contributed by atoms with Gasteiger partial charge in [0, 0.05) is 10.5 Å². The van der Waals surface area contributed by atoms with E-state index in [9.17, 15) is 4.39 Å². The Bertz CT molecular complexity index is 501. The summed E-state index contributed by atoms with van der Waals surface area (Å²) in [5, 5.41) is 0. The molecule has 0 heterocycles. The molecule has 2 N–H and O–H groups in total. The number of rotatable bonds is 3. The minimum absolute atomic E-state index is 0.169. The third-order valence-corrected chi connectivity index (χ3v) is 6.71. The van der Waals surface area contributed by atoms with Crippen LogP contribution in [0.2, 0.25) is 0 Å². The highest BCUT2D eigenvalue weighted by Gasteiger charge is 2.53. The van der Waals surface area contributed by atoms with Gasteiger partial charge in [0.25, 0.3) is 0 Å². The molecule has 0 aliphatic heterocycles. The Kier molecular flexibility index (Phi) is 3.42. The summed E-state index contributed by atoms with van der Waals surface area (Å²) in [7, 11) is 0. The molecule has 0 aromatic heterocycles. The van der Waals surface area contributed by atoms with Crippen molar-refractivity contribution in [1.29, 1.82) is 0 Å². The molecule has 5 rings (SSSR count). The number of nitrogens with two attached hydrogens (primary N) is 1. The van der Waals surface area contributed by atoms with Crippen molar-refractivity contribution >= 4 is 15.9 Å². The van der Waals surface area contributed by atoms with Crippen LogP contribution in [0.15, 0.2) is 22.7 Å². The number of halogens is 2. The van der Waals surface area contributed by atoms with Gasteiger partial charge in [0.05, 0.1) is 0 Å². The summed E-state index contributed by atoms with van der Waals surface area (Å²) in [6.45, 7) is 0. The highest BCUT2D eigenvalue weighted by Crippen LogP contribution is 2.61. The molecule has 3 heteroatoms. The van der Waals surface area contributed by atoms with E-state index < -0.39 is 0 Å². The van der Waals surface area contributed by atoms with Gasteiger partial charge in [-0.25, -0.2) is 4.39 Å². The molecule has 1 unspecified atom stereocenters. The summed E-state index contributed by atoms with van der Waals surface area (Å²) in [5.74, 6) is 2.58. The molecule has 4 fully saturated rings. The monoisotopic (exact) mass is 351 g/mol. The minimum Gasteiger partial charge on any atom is -0.327 e. The van der Waals surface area contributed by atoms with E-state index in [0.717, 1.165) is 34.2 Å². The van der Waals surface area contributed by atoms with E-state index in [-0.39, 0.29) is 11.9 Å². The van der Waals surface area contributed by atoms with Crippen LogP contribution < -0.4 is 5.73 Å². The topological polar surface area (TPSA) is 26.0 Å². The molecule has 1 nitrogen and oxygen atoms in total. The maximum Gasteiger partial charge on any atom is 0.124 e. The maximum absolute atomic E-state index is 13.6. The predicted molar refractivity (Wildman–Crippen MR) is 86.4 cm³/mol. The standard InChI is InChI=1S/C18H23BrFN/c19-15-4-11(5-16(20)7-15)6-17(21)18-8-12-1-13(9-18)3-14(2-12)10-18/h4-5,7,12-14,17H,1-3,6,8-10,21H2. The van der Waals surface area contributed by atoms with E-state index in [0.29, 0.717) is 5.41 Å². The molecule has 4 aliphatic rings. The van der Waals surface area contributed by atoms with E-state index in [1.165, 1.54) is 44.6 Å². The highest BCUT2D eigenvalue weighted by atomic mass is 79.9. The van der Waals surface area contributed by atoms with Crippen molar-refractivity contribution in [3.05, 3.63) is 34.1 Å². The Hall–Kier alpha value is -0.410. The quantitative estimate of drug-likeness (QED) is 0.840. The smallest absolute Gasteiger partial charge is 0.124 e. The molecular weight excluding hydrogens is 329 g/mol. The highest BCUT2D eigenvalue weighted by molar-refractivity contribution is 9.10. The first-order chi connectivity index (χ1) is 10.0. The van der Waals surface area contributed by atoms with Crippen LogP contribution in [0.3, 0.4) is 0 Å². The first-order valence-corrected chi connectivity index (χ1v) is 9.02. The predicted octanol–water partition coefficient (Wildman–Crippen LogP) is 4.67. The average molecular weight is 352 g/mol. The normalized spacial score (nSPS) is 38.7. The molecule has 0 spiro atoms. The van der Waals surface area contributed by atoms with E-state index in [2.05, 4.69) is 15.9 Å². The third-order valence-electron chi connectivity index (χ3n) is 6.25.